The highest BCUT2D eigenvalue weighted by Gasteiger charge is 2.39. The Kier molecular flexibility index (Phi) is 12.6. The highest BCUT2D eigenvalue weighted by atomic mass is 32.2. The summed E-state index contributed by atoms with van der Waals surface area (Å²) in [4.78, 5) is 51.5. The second-order valence-electron chi connectivity index (χ2n) is 17.0. The van der Waals surface area contributed by atoms with Crippen LogP contribution in [-0.4, -0.2) is 96.0 Å². The van der Waals surface area contributed by atoms with E-state index in [-0.39, 0.29) is 42.4 Å². The molecule has 7 rings (SSSR count). The molecule has 5 aromatic rings. The van der Waals surface area contributed by atoms with Gasteiger partial charge in [0.15, 0.2) is 5.37 Å². The number of thiazole rings is 1. The minimum Gasteiger partial charge on any atom is -0.743 e. The number of anilines is 1. The van der Waals surface area contributed by atoms with Crippen LogP contribution >= 0.6 is 11.3 Å². The van der Waals surface area contributed by atoms with Gasteiger partial charge in [-0.15, -0.1) is 11.3 Å². The minimum absolute atomic E-state index is 0.0297. The molecule has 1 atom stereocenters. The van der Waals surface area contributed by atoms with Gasteiger partial charge in [-0.2, -0.15) is 0 Å². The predicted octanol–water partition coefficient (Wildman–Crippen LogP) is 8.14. The average Bonchev–Trinajstić information content (AvgIpc) is 3.64. The molecule has 2 aliphatic rings. The van der Waals surface area contributed by atoms with E-state index >= 15 is 4.79 Å². The molecular weight excluding hydrogens is 801 g/mol. The molecule has 60 heavy (non-hydrogen) atoms. The summed E-state index contributed by atoms with van der Waals surface area (Å²) in [6.07, 6.45) is 3.72. The van der Waals surface area contributed by atoms with Crippen molar-refractivity contribution in [1.29, 1.82) is 0 Å². The Morgan fingerprint density at radius 2 is 1.67 bits per heavy atom. The third-order valence-electron chi connectivity index (χ3n) is 12.3. The lowest BCUT2D eigenvalue weighted by Gasteiger charge is -2.44. The van der Waals surface area contributed by atoms with Gasteiger partial charge in [-0.25, -0.2) is 18.2 Å². The number of rotatable bonds is 15. The zero-order valence-electron chi connectivity index (χ0n) is 35.5. The maximum Gasteiger partial charge on any atom is 0.347 e. The third-order valence-corrected chi connectivity index (χ3v) is 14.7. The fourth-order valence-corrected chi connectivity index (χ4v) is 11.8. The van der Waals surface area contributed by atoms with Gasteiger partial charge in [0.25, 0.3) is 5.91 Å². The molecule has 0 bridgehead atoms. The number of amides is 1. The van der Waals surface area contributed by atoms with E-state index in [1.165, 1.54) is 16.9 Å². The quantitative estimate of drug-likeness (QED) is 0.0437. The second-order valence-corrected chi connectivity index (χ2v) is 19.6. The number of fused-ring (bicyclic) bond motifs is 3. The summed E-state index contributed by atoms with van der Waals surface area (Å²) in [7, 11) is -4.78. The number of nitrogens with zero attached hydrogens (tertiary/aromatic N) is 4. The van der Waals surface area contributed by atoms with E-state index in [1.807, 2.05) is 57.2 Å². The Hall–Kier alpha value is -4.63. The standard InChI is InChI=1S/C46H56N4O8S2/c1-7-50(8-2,9-3)37(60(54,55)56)24-28-49(27-16-23-38(51)58-46(4,5)6)44(52)32-19-11-10-18-31(32)39-34-29-30-17-14-25-48-26-15-20-33(41(30)48)42(34)57-45(53)40(39)43-47-35-21-12-13-22-36(35)59-43/h10-13,18-19,21-22,29,37H,7-9,14-17,20,23-28H2,1-6H3. The number of carbonyl (C=O) groups is 2. The van der Waals surface area contributed by atoms with Crippen LogP contribution in [0.4, 0.5) is 5.69 Å². The maximum atomic E-state index is 15.2. The average molecular weight is 857 g/mol. The van der Waals surface area contributed by atoms with Crippen LogP contribution in [0.15, 0.2) is 63.8 Å². The molecule has 3 aromatic carbocycles. The molecule has 2 aromatic heterocycles. The first-order chi connectivity index (χ1) is 28.6. The van der Waals surface area contributed by atoms with Crippen LogP contribution in [0, 0.1) is 0 Å². The predicted molar refractivity (Wildman–Crippen MR) is 236 cm³/mol. The van der Waals surface area contributed by atoms with E-state index in [2.05, 4.69) is 11.0 Å². The number of benzene rings is 3. The van der Waals surface area contributed by atoms with Crippen LogP contribution in [0.1, 0.15) is 95.1 Å². The monoisotopic (exact) mass is 856 g/mol. The molecule has 14 heteroatoms. The Morgan fingerprint density at radius 3 is 2.35 bits per heavy atom. The van der Waals surface area contributed by atoms with Crippen LogP contribution in [-0.2, 0) is 32.5 Å². The van der Waals surface area contributed by atoms with Crippen molar-refractivity contribution >= 4 is 60.2 Å². The van der Waals surface area contributed by atoms with E-state index < -0.39 is 38.6 Å². The fraction of sp³-hybridized carbons (Fsp3) is 0.478. The van der Waals surface area contributed by atoms with Crippen LogP contribution in [0.2, 0.25) is 0 Å². The molecule has 0 radical (unpaired) electrons. The van der Waals surface area contributed by atoms with Gasteiger partial charge in [0.1, 0.15) is 31.9 Å². The smallest absolute Gasteiger partial charge is 0.347 e. The highest BCUT2D eigenvalue weighted by molar-refractivity contribution is 7.86. The van der Waals surface area contributed by atoms with Crippen molar-refractivity contribution < 1.29 is 36.2 Å². The van der Waals surface area contributed by atoms with Gasteiger partial charge >= 0.3 is 11.6 Å². The number of aromatic nitrogens is 1. The normalized spacial score (nSPS) is 14.9. The Balaban J connectivity index is 1.39. The molecule has 320 valence electrons. The number of ether oxygens (including phenoxy) is 1. The lowest BCUT2D eigenvalue weighted by molar-refractivity contribution is -0.934. The SMILES string of the molecule is CC[N+](CC)(CC)C(CCN(CCCC(=O)OC(C)(C)C)C(=O)c1ccccc1-c1c(-c2nc3ccccc3s2)c(=O)oc2c3c4c(cc12)CCCN4CCC3)S(=O)(=O)[O-]. The van der Waals surface area contributed by atoms with E-state index in [1.54, 1.807) is 37.8 Å². The molecule has 12 nitrogen and oxygen atoms in total. The zero-order valence-corrected chi connectivity index (χ0v) is 37.2. The van der Waals surface area contributed by atoms with E-state index in [9.17, 15) is 22.6 Å². The van der Waals surface area contributed by atoms with Crippen molar-refractivity contribution in [2.75, 3.05) is 50.7 Å². The summed E-state index contributed by atoms with van der Waals surface area (Å²) in [6.45, 7) is 14.2. The van der Waals surface area contributed by atoms with Crippen molar-refractivity contribution in [2.24, 2.45) is 0 Å². The second kappa shape index (κ2) is 17.4. The van der Waals surface area contributed by atoms with Gasteiger partial charge in [0.2, 0.25) is 0 Å². The zero-order chi connectivity index (χ0) is 43.0. The van der Waals surface area contributed by atoms with Crippen molar-refractivity contribution in [3.8, 4) is 21.7 Å². The number of hydrogen-bond acceptors (Lipinski definition) is 11. The summed E-state index contributed by atoms with van der Waals surface area (Å²) < 4.78 is 51.8. The molecule has 0 aliphatic carbocycles. The first-order valence-electron chi connectivity index (χ1n) is 21.3. The summed E-state index contributed by atoms with van der Waals surface area (Å²) in [5.41, 5.74) is 4.96. The van der Waals surface area contributed by atoms with Gasteiger partial charge in [-0.3, -0.25) is 9.59 Å². The Morgan fingerprint density at radius 1 is 0.983 bits per heavy atom. The molecule has 0 saturated heterocycles. The third kappa shape index (κ3) is 8.61. The topological polar surface area (TPSA) is 150 Å². The number of esters is 1. The molecule has 0 fully saturated rings. The Bertz CT molecular complexity index is 2550. The first-order valence-corrected chi connectivity index (χ1v) is 23.5. The van der Waals surface area contributed by atoms with E-state index in [4.69, 9.17) is 14.1 Å². The summed E-state index contributed by atoms with van der Waals surface area (Å²) in [5.74, 6) is -0.829. The van der Waals surface area contributed by atoms with Crippen LogP contribution < -0.4 is 10.5 Å². The molecule has 0 saturated carbocycles. The minimum atomic E-state index is -4.78. The van der Waals surface area contributed by atoms with E-state index in [0.29, 0.717) is 46.9 Å². The molecule has 0 N–H and O–H groups in total. The number of quaternary nitrogens is 1. The number of hydrogen-bond donors (Lipinski definition) is 0. The lowest BCUT2D eigenvalue weighted by Crippen LogP contribution is -2.59. The van der Waals surface area contributed by atoms with Crippen molar-refractivity contribution in [2.45, 2.75) is 97.5 Å². The maximum absolute atomic E-state index is 15.2. The number of carbonyl (C=O) groups excluding carboxylic acids is 2. The number of para-hydroxylation sites is 1. The summed E-state index contributed by atoms with van der Waals surface area (Å²) >= 11 is 1.39. The molecule has 1 unspecified atom stereocenters. The lowest BCUT2D eigenvalue weighted by atomic mass is 9.86. The highest BCUT2D eigenvalue weighted by Crippen LogP contribution is 2.46. The summed E-state index contributed by atoms with van der Waals surface area (Å²) in [5, 5.41) is -0.0842. The van der Waals surface area contributed by atoms with Crippen LogP contribution in [0.5, 0.6) is 0 Å². The fourth-order valence-electron chi connectivity index (χ4n) is 9.39. The van der Waals surface area contributed by atoms with Crippen molar-refractivity contribution in [3.63, 3.8) is 0 Å². The Labute approximate surface area is 356 Å². The molecular formula is C46H56N4O8S2. The molecule has 0 spiro atoms. The first kappa shape index (κ1) is 43.5. The van der Waals surface area contributed by atoms with Crippen LogP contribution in [0.3, 0.4) is 0 Å². The number of aryl methyl sites for hydroxylation is 2. The van der Waals surface area contributed by atoms with Gasteiger partial charge in [-0.05, 0) is 109 Å². The molecule has 4 heterocycles. The van der Waals surface area contributed by atoms with Gasteiger partial charge in [-0.1, -0.05) is 30.3 Å². The van der Waals surface area contributed by atoms with Crippen molar-refractivity contribution in [3.05, 3.63) is 81.7 Å². The molecule has 1 amide bonds. The van der Waals surface area contributed by atoms with Gasteiger partial charge in [0.05, 0.1) is 29.9 Å². The van der Waals surface area contributed by atoms with E-state index in [0.717, 1.165) is 65.6 Å². The van der Waals surface area contributed by atoms with Crippen LogP contribution in [0.25, 0.3) is 42.9 Å². The van der Waals surface area contributed by atoms with Gasteiger partial charge in [0, 0.05) is 66.8 Å². The summed E-state index contributed by atoms with van der Waals surface area (Å²) in [6, 6.07) is 17.0. The van der Waals surface area contributed by atoms with Crippen molar-refractivity contribution in [1.82, 2.24) is 9.88 Å². The molecule has 2 aliphatic heterocycles. The van der Waals surface area contributed by atoms with Gasteiger partial charge < -0.3 is 28.0 Å². The largest absolute Gasteiger partial charge is 0.743 e.